The molecule has 1 N–H and O–H groups in total. The minimum atomic E-state index is -3.28. The van der Waals surface area contributed by atoms with Crippen LogP contribution in [0.2, 0.25) is 0 Å². The molecule has 158 valence electrons. The molecule has 2 aromatic rings. The van der Waals surface area contributed by atoms with Crippen molar-refractivity contribution in [2.45, 2.75) is 32.4 Å². The fraction of sp³-hybridized carbons (Fsp3) is 0.364. The minimum Gasteiger partial charge on any atom is -0.325 e. The maximum Gasteiger partial charge on any atom is 0.325 e. The van der Waals surface area contributed by atoms with E-state index in [1.807, 2.05) is 56.3 Å². The Kier molecular flexibility index (Phi) is 5.27. The second-order valence-electron chi connectivity index (χ2n) is 7.93. The minimum absolute atomic E-state index is 0.0884. The lowest BCUT2D eigenvalue weighted by molar-refractivity contribution is -0.116. The van der Waals surface area contributed by atoms with E-state index < -0.39 is 21.9 Å². The highest BCUT2D eigenvalue weighted by Gasteiger charge is 2.54. The number of carbonyl (C=O) groups excluding carboxylic acids is 2. The van der Waals surface area contributed by atoms with Gasteiger partial charge in [0.25, 0.3) is 0 Å². The molecule has 2 heterocycles. The van der Waals surface area contributed by atoms with Gasteiger partial charge in [-0.2, -0.15) is 0 Å². The molecule has 0 aromatic heterocycles. The number of urea groups is 1. The molecule has 2 atom stereocenters. The highest BCUT2D eigenvalue weighted by molar-refractivity contribution is 7.91. The maximum absolute atomic E-state index is 13.2. The predicted molar refractivity (Wildman–Crippen MR) is 116 cm³/mol. The Labute approximate surface area is 176 Å². The van der Waals surface area contributed by atoms with E-state index in [4.69, 9.17) is 0 Å². The van der Waals surface area contributed by atoms with Crippen LogP contribution >= 0.6 is 0 Å². The molecule has 2 aliphatic rings. The summed E-state index contributed by atoms with van der Waals surface area (Å²) in [5, 5.41) is 2.80. The quantitative estimate of drug-likeness (QED) is 0.743. The second-order valence-corrected chi connectivity index (χ2v) is 10.1. The van der Waals surface area contributed by atoms with Crippen LogP contribution in [0, 0.1) is 6.92 Å². The summed E-state index contributed by atoms with van der Waals surface area (Å²) in [6.45, 7) is 3.78. The van der Waals surface area contributed by atoms with Gasteiger partial charge >= 0.3 is 6.03 Å². The molecule has 2 fully saturated rings. The van der Waals surface area contributed by atoms with Gasteiger partial charge in [0, 0.05) is 11.4 Å². The number of amides is 3. The van der Waals surface area contributed by atoms with Crippen LogP contribution in [0.25, 0.3) is 0 Å². The third-order valence-electron chi connectivity index (χ3n) is 5.72. The summed E-state index contributed by atoms with van der Waals surface area (Å²) in [4.78, 5) is 28.8. The fourth-order valence-corrected chi connectivity index (χ4v) is 6.18. The van der Waals surface area contributed by atoms with Gasteiger partial charge in [0.2, 0.25) is 5.91 Å². The highest BCUT2D eigenvalue weighted by atomic mass is 32.2. The third kappa shape index (κ3) is 3.92. The van der Waals surface area contributed by atoms with Crippen molar-refractivity contribution < 1.29 is 18.0 Å². The summed E-state index contributed by atoms with van der Waals surface area (Å²) in [5.74, 6) is -0.556. The number of anilines is 2. The van der Waals surface area contributed by atoms with Crippen molar-refractivity contribution in [2.24, 2.45) is 0 Å². The molecule has 0 bridgehead atoms. The van der Waals surface area contributed by atoms with E-state index in [9.17, 15) is 18.0 Å². The first-order valence-corrected chi connectivity index (χ1v) is 11.9. The van der Waals surface area contributed by atoms with Crippen LogP contribution in [0.3, 0.4) is 0 Å². The van der Waals surface area contributed by atoms with E-state index in [1.165, 1.54) is 9.80 Å². The summed E-state index contributed by atoms with van der Waals surface area (Å²) in [5.41, 5.74) is 3.45. The molecule has 0 saturated carbocycles. The Hall–Kier alpha value is -2.87. The van der Waals surface area contributed by atoms with Gasteiger partial charge in [-0.05, 0) is 48.7 Å². The van der Waals surface area contributed by atoms with Crippen LogP contribution in [0.4, 0.5) is 16.2 Å². The van der Waals surface area contributed by atoms with Gasteiger partial charge in [-0.15, -0.1) is 0 Å². The molecular formula is C22H25N3O4S. The van der Waals surface area contributed by atoms with Gasteiger partial charge in [0.15, 0.2) is 9.84 Å². The molecule has 0 aliphatic carbocycles. The largest absolute Gasteiger partial charge is 0.325 e. The Balaban J connectivity index is 1.57. The number of benzene rings is 2. The van der Waals surface area contributed by atoms with Gasteiger partial charge in [0.05, 0.1) is 23.6 Å². The third-order valence-corrected chi connectivity index (χ3v) is 7.41. The summed E-state index contributed by atoms with van der Waals surface area (Å²) in [6.07, 6.45) is 0.875. The normalized spacial score (nSPS) is 22.3. The standard InChI is InChI=1S/C22H25N3O4S/c1-3-16-7-9-18(10-8-16)25-20-14-30(28,29)13-19(20)24(22(25)27)12-21(26)23-17-6-4-5-15(2)11-17/h4-11,19-20H,3,12-14H2,1-2H3,(H,23,26). The fourth-order valence-electron chi connectivity index (χ4n) is 4.23. The smallest absolute Gasteiger partial charge is 0.325 e. The molecule has 2 unspecified atom stereocenters. The average molecular weight is 428 g/mol. The van der Waals surface area contributed by atoms with Crippen molar-refractivity contribution in [3.8, 4) is 0 Å². The lowest BCUT2D eigenvalue weighted by Crippen LogP contribution is -2.42. The number of rotatable bonds is 5. The zero-order chi connectivity index (χ0) is 21.5. The molecule has 30 heavy (non-hydrogen) atoms. The molecule has 8 heteroatoms. The first-order valence-electron chi connectivity index (χ1n) is 10.0. The number of hydrogen-bond donors (Lipinski definition) is 1. The van der Waals surface area contributed by atoms with Crippen LogP contribution in [0.5, 0.6) is 0 Å². The van der Waals surface area contributed by atoms with Crippen LogP contribution < -0.4 is 10.2 Å². The number of hydrogen-bond acceptors (Lipinski definition) is 4. The van der Waals surface area contributed by atoms with E-state index in [2.05, 4.69) is 5.32 Å². The summed E-state index contributed by atoms with van der Waals surface area (Å²) in [6, 6.07) is 13.6. The first-order chi connectivity index (χ1) is 14.3. The van der Waals surface area contributed by atoms with Crippen LogP contribution in [0.15, 0.2) is 48.5 Å². The second kappa shape index (κ2) is 7.75. The van der Waals surface area contributed by atoms with Crippen molar-refractivity contribution in [2.75, 3.05) is 28.3 Å². The number of nitrogens with zero attached hydrogens (tertiary/aromatic N) is 2. The first kappa shape index (κ1) is 20.4. The SMILES string of the molecule is CCc1ccc(N2C(=O)N(CC(=O)Nc3cccc(C)c3)C3CS(=O)(=O)CC32)cc1. The van der Waals surface area contributed by atoms with E-state index in [-0.39, 0.29) is 30.0 Å². The van der Waals surface area contributed by atoms with Crippen LogP contribution in [-0.4, -0.2) is 55.4 Å². The van der Waals surface area contributed by atoms with Gasteiger partial charge in [-0.25, -0.2) is 13.2 Å². The van der Waals surface area contributed by atoms with E-state index in [0.717, 1.165) is 17.5 Å². The van der Waals surface area contributed by atoms with Crippen molar-refractivity contribution in [1.82, 2.24) is 4.90 Å². The van der Waals surface area contributed by atoms with E-state index >= 15 is 0 Å². The Morgan fingerprint density at radius 2 is 1.80 bits per heavy atom. The summed E-state index contributed by atoms with van der Waals surface area (Å²) in [7, 11) is -3.28. The highest BCUT2D eigenvalue weighted by Crippen LogP contribution is 2.35. The molecule has 2 saturated heterocycles. The number of nitrogens with one attached hydrogen (secondary N) is 1. The van der Waals surface area contributed by atoms with Gasteiger partial charge in [0.1, 0.15) is 6.54 Å². The predicted octanol–water partition coefficient (Wildman–Crippen LogP) is 2.60. The molecule has 0 spiro atoms. The van der Waals surface area contributed by atoms with Crippen molar-refractivity contribution in [3.63, 3.8) is 0 Å². The number of sulfone groups is 1. The molecule has 2 aliphatic heterocycles. The average Bonchev–Trinajstić information content (AvgIpc) is 3.12. The zero-order valence-electron chi connectivity index (χ0n) is 17.0. The van der Waals surface area contributed by atoms with E-state index in [0.29, 0.717) is 11.4 Å². The van der Waals surface area contributed by atoms with Gasteiger partial charge < -0.3 is 10.2 Å². The molecule has 0 radical (unpaired) electrons. The number of aryl methyl sites for hydroxylation is 2. The number of carbonyl (C=O) groups is 2. The molecular weight excluding hydrogens is 402 g/mol. The molecule has 7 nitrogen and oxygen atoms in total. The Morgan fingerprint density at radius 1 is 1.10 bits per heavy atom. The molecule has 2 aromatic carbocycles. The van der Waals surface area contributed by atoms with Gasteiger partial charge in [-0.1, -0.05) is 31.2 Å². The zero-order valence-corrected chi connectivity index (χ0v) is 17.9. The monoisotopic (exact) mass is 427 g/mol. The topological polar surface area (TPSA) is 86.8 Å². The van der Waals surface area contributed by atoms with Crippen molar-refractivity contribution in [3.05, 3.63) is 59.7 Å². The van der Waals surface area contributed by atoms with E-state index in [1.54, 1.807) is 6.07 Å². The molecule has 4 rings (SSSR count). The Morgan fingerprint density at radius 3 is 2.47 bits per heavy atom. The van der Waals surface area contributed by atoms with Crippen LogP contribution in [-0.2, 0) is 21.1 Å². The summed E-state index contributed by atoms with van der Waals surface area (Å²) < 4.78 is 24.6. The molecule has 3 amide bonds. The number of fused-ring (bicyclic) bond motifs is 1. The van der Waals surface area contributed by atoms with Crippen molar-refractivity contribution >= 4 is 33.2 Å². The summed E-state index contributed by atoms with van der Waals surface area (Å²) >= 11 is 0. The lowest BCUT2D eigenvalue weighted by atomic mass is 10.1. The lowest BCUT2D eigenvalue weighted by Gasteiger charge is -2.22. The van der Waals surface area contributed by atoms with Gasteiger partial charge in [-0.3, -0.25) is 9.69 Å². The van der Waals surface area contributed by atoms with Crippen molar-refractivity contribution in [1.29, 1.82) is 0 Å². The maximum atomic E-state index is 13.2. The Bertz CT molecular complexity index is 1080. The van der Waals surface area contributed by atoms with Crippen LogP contribution in [0.1, 0.15) is 18.1 Å².